The summed E-state index contributed by atoms with van der Waals surface area (Å²) in [6, 6.07) is 6.22. The van der Waals surface area contributed by atoms with Crippen molar-refractivity contribution in [1.82, 2.24) is 10.3 Å². The third-order valence-corrected chi connectivity index (χ3v) is 12.2. The van der Waals surface area contributed by atoms with Crippen LogP contribution in [0.1, 0.15) is 77.2 Å². The molecule has 11 nitrogen and oxygen atoms in total. The lowest BCUT2D eigenvalue weighted by Gasteiger charge is -2.60. The van der Waals surface area contributed by atoms with Crippen LogP contribution in [-0.2, 0) is 35.1 Å². The summed E-state index contributed by atoms with van der Waals surface area (Å²) in [7, 11) is 0. The van der Waals surface area contributed by atoms with Gasteiger partial charge in [-0.3, -0.25) is 19.2 Å². The maximum absolute atomic E-state index is 13.5. The number of benzene rings is 1. The molecule has 2 aromatic rings. The minimum Gasteiger partial charge on any atom is -0.480 e. The Morgan fingerprint density at radius 3 is 2.62 bits per heavy atom. The predicted molar refractivity (Wildman–Crippen MR) is 170 cm³/mol. The molecule has 11 heteroatoms. The van der Waals surface area contributed by atoms with Gasteiger partial charge in [0, 0.05) is 41.8 Å². The summed E-state index contributed by atoms with van der Waals surface area (Å²) in [4.78, 5) is 65.8. The molecule has 0 saturated heterocycles. The van der Waals surface area contributed by atoms with Crippen LogP contribution in [0.15, 0.2) is 42.1 Å². The van der Waals surface area contributed by atoms with Gasteiger partial charge in [-0.05, 0) is 79.4 Å². The zero-order valence-corrected chi connectivity index (χ0v) is 26.9. The van der Waals surface area contributed by atoms with E-state index in [2.05, 4.69) is 17.2 Å². The monoisotopic (exact) mass is 648 g/mol. The van der Waals surface area contributed by atoms with Gasteiger partial charge < -0.3 is 30.4 Å². The van der Waals surface area contributed by atoms with Gasteiger partial charge >= 0.3 is 11.9 Å². The van der Waals surface area contributed by atoms with Gasteiger partial charge in [-0.1, -0.05) is 37.6 Å². The van der Waals surface area contributed by atoms with E-state index in [1.165, 1.54) is 0 Å². The molecule has 0 spiro atoms. The summed E-state index contributed by atoms with van der Waals surface area (Å²) in [6.45, 7) is 3.35. The summed E-state index contributed by atoms with van der Waals surface area (Å²) in [5, 5.41) is 36.5. The molecule has 4 aliphatic rings. The number of ketones is 2. The van der Waals surface area contributed by atoms with Gasteiger partial charge in [0.15, 0.2) is 12.4 Å². The quantitative estimate of drug-likeness (QED) is 0.241. The summed E-state index contributed by atoms with van der Waals surface area (Å²) < 4.78 is 5.22. The number of hydrogen-bond donors (Lipinski definition) is 5. The first-order valence-electron chi connectivity index (χ1n) is 16.7. The SMILES string of the molecule is C[C@]12CCC(=O)C=C1CC[C@@H]1[C@@H]2[C@@H](O)C[C@@]2(C)[C@H]1CC[C@]2(O)C(=O)COC(=O)CCC(=O)N[C@H](Cc1c[nH]c2ccccc12)C(=O)O. The van der Waals surface area contributed by atoms with E-state index in [9.17, 15) is 39.3 Å². The molecule has 3 fully saturated rings. The molecule has 6 rings (SSSR count). The standard InChI is InChI=1S/C36H44N2O9/c1-34-13-11-22(39)16-21(34)7-8-24-25-12-14-36(46,35(25,2)17-28(40)32(24)34)29(41)19-47-31(43)10-9-30(42)38-27(33(44)45)15-20-18-37-26-6-4-3-5-23(20)26/h3-6,16,18,24-25,27-28,32,37,40,46H,7-15,17,19H2,1-2H3,(H,38,42)(H,44,45)/t24-,25-,27+,28-,32+,34-,35-,36-/m0/s1. The Balaban J connectivity index is 1.03. The van der Waals surface area contributed by atoms with E-state index in [-0.39, 0.29) is 61.1 Å². The van der Waals surface area contributed by atoms with E-state index in [1.54, 1.807) is 12.3 Å². The second-order valence-corrected chi connectivity index (χ2v) is 14.6. The number of ether oxygens (including phenoxy) is 1. The molecular weight excluding hydrogens is 604 g/mol. The van der Waals surface area contributed by atoms with Gasteiger partial charge in [0.05, 0.1) is 12.5 Å². The Morgan fingerprint density at radius 1 is 1.09 bits per heavy atom. The van der Waals surface area contributed by atoms with Gasteiger partial charge in [0.1, 0.15) is 11.6 Å². The van der Waals surface area contributed by atoms with Crippen LogP contribution in [0, 0.1) is 28.6 Å². The molecule has 8 atom stereocenters. The van der Waals surface area contributed by atoms with Crippen LogP contribution in [0.5, 0.6) is 0 Å². The number of carboxylic acid groups (broad SMARTS) is 1. The molecule has 0 radical (unpaired) electrons. The van der Waals surface area contributed by atoms with Crippen LogP contribution in [0.3, 0.4) is 0 Å². The van der Waals surface area contributed by atoms with Crippen molar-refractivity contribution in [2.75, 3.05) is 6.61 Å². The molecule has 1 heterocycles. The highest BCUT2D eigenvalue weighted by molar-refractivity contribution is 5.92. The normalized spacial score (nSPS) is 33.6. The number of hydrogen-bond acceptors (Lipinski definition) is 8. The molecular formula is C36H44N2O9. The largest absolute Gasteiger partial charge is 0.480 e. The number of aromatic amines is 1. The zero-order chi connectivity index (χ0) is 33.7. The number of nitrogens with one attached hydrogen (secondary N) is 2. The number of esters is 1. The van der Waals surface area contributed by atoms with Crippen molar-refractivity contribution in [2.24, 2.45) is 28.6 Å². The number of aromatic nitrogens is 1. The molecule has 1 aromatic carbocycles. The Morgan fingerprint density at radius 2 is 1.85 bits per heavy atom. The van der Waals surface area contributed by atoms with Crippen LogP contribution in [0.25, 0.3) is 10.9 Å². The first-order chi connectivity index (χ1) is 22.3. The van der Waals surface area contributed by atoms with Crippen molar-refractivity contribution in [3.63, 3.8) is 0 Å². The Kier molecular flexibility index (Phi) is 8.67. The van der Waals surface area contributed by atoms with Gasteiger partial charge in [-0.25, -0.2) is 4.79 Å². The van der Waals surface area contributed by atoms with E-state index in [0.717, 1.165) is 34.9 Å². The van der Waals surface area contributed by atoms with Crippen molar-refractivity contribution >= 4 is 40.3 Å². The number of aliphatic carboxylic acids is 1. The number of para-hydroxylation sites is 1. The molecule has 0 bridgehead atoms. The van der Waals surface area contributed by atoms with E-state index in [0.29, 0.717) is 19.3 Å². The number of carboxylic acids is 1. The van der Waals surface area contributed by atoms with Crippen LogP contribution in [-0.4, -0.2) is 74.1 Å². The van der Waals surface area contributed by atoms with Crippen LogP contribution >= 0.6 is 0 Å². The number of carbonyl (C=O) groups excluding carboxylic acids is 4. The average molecular weight is 649 g/mol. The Hall–Kier alpha value is -3.83. The zero-order valence-electron chi connectivity index (χ0n) is 26.9. The van der Waals surface area contributed by atoms with Crippen molar-refractivity contribution in [1.29, 1.82) is 0 Å². The topological polar surface area (TPSA) is 183 Å². The molecule has 0 aliphatic heterocycles. The van der Waals surface area contributed by atoms with Gasteiger partial charge in [0.25, 0.3) is 0 Å². The van der Waals surface area contributed by atoms with Crippen LogP contribution in [0.4, 0.5) is 0 Å². The molecule has 1 aromatic heterocycles. The molecule has 1 amide bonds. The van der Waals surface area contributed by atoms with Gasteiger partial charge in [-0.15, -0.1) is 0 Å². The highest BCUT2D eigenvalue weighted by Crippen LogP contribution is 2.67. The Bertz CT molecular complexity index is 1650. The lowest BCUT2D eigenvalue weighted by atomic mass is 9.45. The number of amides is 1. The van der Waals surface area contributed by atoms with Crippen molar-refractivity contribution < 1.29 is 44.0 Å². The minimum atomic E-state index is -1.78. The molecule has 252 valence electrons. The third-order valence-electron chi connectivity index (χ3n) is 12.2. The number of aliphatic hydroxyl groups is 2. The summed E-state index contributed by atoms with van der Waals surface area (Å²) >= 11 is 0. The smallest absolute Gasteiger partial charge is 0.326 e. The first kappa shape index (κ1) is 33.1. The molecule has 5 N–H and O–H groups in total. The number of rotatable bonds is 10. The number of Topliss-reactive ketones (excluding diaryl/α,β-unsaturated/α-hetero) is 1. The lowest BCUT2D eigenvalue weighted by Crippen LogP contribution is -2.62. The maximum atomic E-state index is 13.5. The summed E-state index contributed by atoms with van der Waals surface area (Å²) in [5.41, 5.74) is -0.282. The fourth-order valence-electron chi connectivity index (χ4n) is 9.69. The number of allylic oxidation sites excluding steroid dienone is 1. The van der Waals surface area contributed by atoms with E-state index >= 15 is 0 Å². The van der Waals surface area contributed by atoms with Crippen molar-refractivity contribution in [3.05, 3.63) is 47.7 Å². The number of aliphatic hydroxyl groups excluding tert-OH is 1. The molecule has 4 aliphatic carbocycles. The second-order valence-electron chi connectivity index (χ2n) is 14.6. The number of fused-ring (bicyclic) bond motifs is 6. The summed E-state index contributed by atoms with van der Waals surface area (Å²) in [6.07, 6.45) is 5.80. The van der Waals surface area contributed by atoms with Gasteiger partial charge in [-0.2, -0.15) is 0 Å². The van der Waals surface area contributed by atoms with E-state index < -0.39 is 53.4 Å². The highest BCUT2D eigenvalue weighted by atomic mass is 16.5. The number of carbonyl (C=O) groups is 5. The van der Waals surface area contributed by atoms with Crippen molar-refractivity contribution in [3.8, 4) is 0 Å². The number of H-pyrrole nitrogens is 1. The molecule has 0 unspecified atom stereocenters. The first-order valence-corrected chi connectivity index (χ1v) is 16.7. The van der Waals surface area contributed by atoms with E-state index in [4.69, 9.17) is 4.74 Å². The minimum absolute atomic E-state index is 0.00770. The highest BCUT2D eigenvalue weighted by Gasteiger charge is 2.68. The summed E-state index contributed by atoms with van der Waals surface area (Å²) in [5.74, 6) is -3.12. The third kappa shape index (κ3) is 5.71. The lowest BCUT2D eigenvalue weighted by molar-refractivity contribution is -0.184. The van der Waals surface area contributed by atoms with Crippen molar-refractivity contribution in [2.45, 2.75) is 95.8 Å². The fourth-order valence-corrected chi connectivity index (χ4v) is 9.69. The second kappa shape index (κ2) is 12.3. The average Bonchev–Trinajstić information content (AvgIpc) is 3.56. The molecule has 3 saturated carbocycles. The van der Waals surface area contributed by atoms with Crippen LogP contribution in [0.2, 0.25) is 0 Å². The van der Waals surface area contributed by atoms with E-state index in [1.807, 2.05) is 31.2 Å². The van der Waals surface area contributed by atoms with Gasteiger partial charge in [0.2, 0.25) is 11.7 Å². The fraction of sp³-hybridized carbons (Fsp3) is 0.583. The maximum Gasteiger partial charge on any atom is 0.326 e. The predicted octanol–water partition coefficient (Wildman–Crippen LogP) is 3.41. The van der Waals surface area contributed by atoms with Crippen LogP contribution < -0.4 is 5.32 Å². The Labute approximate surface area is 273 Å². The molecule has 47 heavy (non-hydrogen) atoms.